The molecule has 0 aliphatic rings. The minimum atomic E-state index is 0.215. The zero-order valence-electron chi connectivity index (χ0n) is 16.9. The molecule has 0 radical (unpaired) electrons. The third-order valence-electron chi connectivity index (χ3n) is 5.37. The van der Waals surface area contributed by atoms with Crippen molar-refractivity contribution in [1.82, 2.24) is 0 Å². The molecule has 0 bridgehead atoms. The van der Waals surface area contributed by atoms with Crippen molar-refractivity contribution in [1.29, 1.82) is 0 Å². The van der Waals surface area contributed by atoms with Crippen molar-refractivity contribution in [3.8, 4) is 0 Å². The summed E-state index contributed by atoms with van der Waals surface area (Å²) >= 11 is 0. The molecule has 2 atom stereocenters. The lowest BCUT2D eigenvalue weighted by Gasteiger charge is -2.29. The summed E-state index contributed by atoms with van der Waals surface area (Å²) in [6, 6.07) is 9.92. The molecule has 0 aliphatic heterocycles. The zero-order valence-corrected chi connectivity index (χ0v) is 16.9. The second-order valence-electron chi connectivity index (χ2n) is 9.08. The summed E-state index contributed by atoms with van der Waals surface area (Å²) in [4.78, 5) is 0. The molecular formula is C22H40N2. The fraction of sp³-hybridized carbons (Fsp3) is 0.727. The Hall–Kier alpha value is -0.860. The number of hydrogen-bond donors (Lipinski definition) is 2. The van der Waals surface area contributed by atoms with Crippen LogP contribution in [0.15, 0.2) is 24.3 Å². The molecule has 0 heterocycles. The zero-order chi connectivity index (χ0) is 18.4. The Morgan fingerprint density at radius 1 is 0.708 bits per heavy atom. The third kappa shape index (κ3) is 6.94. The molecule has 1 rings (SSSR count). The fourth-order valence-corrected chi connectivity index (χ4v) is 3.39. The molecular weight excluding hydrogens is 292 g/mol. The predicted molar refractivity (Wildman–Crippen MR) is 107 cm³/mol. The molecule has 0 amide bonds. The van der Waals surface area contributed by atoms with Gasteiger partial charge in [0, 0.05) is 12.1 Å². The molecule has 24 heavy (non-hydrogen) atoms. The molecule has 0 fully saturated rings. The first-order valence-corrected chi connectivity index (χ1v) is 9.67. The van der Waals surface area contributed by atoms with E-state index in [-0.39, 0.29) is 10.8 Å². The Balaban J connectivity index is 2.69. The highest BCUT2D eigenvalue weighted by Crippen LogP contribution is 2.33. The predicted octanol–water partition coefficient (Wildman–Crippen LogP) is 5.28. The second kappa shape index (κ2) is 9.01. The van der Waals surface area contributed by atoms with Gasteiger partial charge in [-0.15, -0.1) is 0 Å². The van der Waals surface area contributed by atoms with Gasteiger partial charge in [0.2, 0.25) is 0 Å². The molecule has 138 valence electrons. The molecule has 1 aromatic carbocycles. The van der Waals surface area contributed by atoms with E-state index < -0.39 is 0 Å². The van der Waals surface area contributed by atoms with Crippen LogP contribution in [-0.2, 0) is 10.8 Å². The second-order valence-corrected chi connectivity index (χ2v) is 9.08. The van der Waals surface area contributed by atoms with Gasteiger partial charge in [-0.05, 0) is 61.5 Å². The number of benzene rings is 1. The van der Waals surface area contributed by atoms with Gasteiger partial charge in [-0.3, -0.25) is 0 Å². The Morgan fingerprint density at radius 3 is 1.25 bits per heavy atom. The number of nitrogens with two attached hydrogens (primary N) is 2. The largest absolute Gasteiger partial charge is 0.328 e. The van der Waals surface area contributed by atoms with Gasteiger partial charge in [-0.25, -0.2) is 0 Å². The summed E-state index contributed by atoms with van der Waals surface area (Å²) in [5.41, 5.74) is 15.1. The average molecular weight is 333 g/mol. The summed E-state index contributed by atoms with van der Waals surface area (Å²) < 4.78 is 0. The average Bonchev–Trinajstić information content (AvgIpc) is 2.46. The van der Waals surface area contributed by atoms with Crippen molar-refractivity contribution in [2.75, 3.05) is 0 Å². The van der Waals surface area contributed by atoms with Crippen LogP contribution in [0.5, 0.6) is 0 Å². The lowest BCUT2D eigenvalue weighted by molar-refractivity contribution is 0.432. The fourth-order valence-electron chi connectivity index (χ4n) is 3.39. The summed E-state index contributed by atoms with van der Waals surface area (Å²) in [7, 11) is 0. The molecule has 1 aromatic rings. The third-order valence-corrected chi connectivity index (χ3v) is 5.37. The van der Waals surface area contributed by atoms with Gasteiger partial charge in [0.1, 0.15) is 0 Å². The van der Waals surface area contributed by atoms with Crippen molar-refractivity contribution in [3.63, 3.8) is 0 Å². The molecule has 0 spiro atoms. The van der Waals surface area contributed by atoms with Crippen LogP contribution in [0.2, 0.25) is 0 Å². The monoisotopic (exact) mass is 332 g/mol. The van der Waals surface area contributed by atoms with E-state index in [4.69, 9.17) is 11.5 Å². The van der Waals surface area contributed by atoms with E-state index in [2.05, 4.69) is 65.8 Å². The highest BCUT2D eigenvalue weighted by Gasteiger charge is 2.23. The van der Waals surface area contributed by atoms with Crippen molar-refractivity contribution in [2.24, 2.45) is 11.5 Å². The maximum Gasteiger partial charge on any atom is 0.00104 e. The lowest BCUT2D eigenvalue weighted by Crippen LogP contribution is -2.22. The van der Waals surface area contributed by atoms with E-state index in [1.807, 2.05) is 0 Å². The van der Waals surface area contributed by atoms with E-state index in [0.29, 0.717) is 12.1 Å². The van der Waals surface area contributed by atoms with Crippen LogP contribution in [0.3, 0.4) is 0 Å². The molecule has 2 heteroatoms. The van der Waals surface area contributed by atoms with Crippen molar-refractivity contribution >= 4 is 0 Å². The topological polar surface area (TPSA) is 52.0 Å². The maximum absolute atomic E-state index is 5.88. The smallest absolute Gasteiger partial charge is 0.00104 e. The molecule has 0 saturated carbocycles. The molecule has 0 saturated heterocycles. The summed E-state index contributed by atoms with van der Waals surface area (Å²) in [5, 5.41) is 0. The minimum absolute atomic E-state index is 0.215. The van der Waals surface area contributed by atoms with Crippen LogP contribution in [0.4, 0.5) is 0 Å². The van der Waals surface area contributed by atoms with E-state index in [0.717, 1.165) is 12.8 Å². The maximum atomic E-state index is 5.88. The van der Waals surface area contributed by atoms with Crippen LogP contribution in [0, 0.1) is 0 Å². The van der Waals surface area contributed by atoms with E-state index in [9.17, 15) is 0 Å². The van der Waals surface area contributed by atoms with Crippen LogP contribution >= 0.6 is 0 Å². The van der Waals surface area contributed by atoms with Crippen LogP contribution in [-0.4, -0.2) is 12.1 Å². The minimum Gasteiger partial charge on any atom is -0.328 e. The van der Waals surface area contributed by atoms with Gasteiger partial charge in [-0.2, -0.15) is 0 Å². The van der Waals surface area contributed by atoms with Gasteiger partial charge in [0.25, 0.3) is 0 Å². The van der Waals surface area contributed by atoms with Gasteiger partial charge in [0.15, 0.2) is 0 Å². The lowest BCUT2D eigenvalue weighted by atomic mass is 9.76. The van der Waals surface area contributed by atoms with E-state index in [1.165, 1.54) is 36.8 Å². The van der Waals surface area contributed by atoms with Crippen LogP contribution in [0.25, 0.3) is 0 Å². The van der Waals surface area contributed by atoms with Gasteiger partial charge < -0.3 is 11.5 Å². The van der Waals surface area contributed by atoms with Crippen molar-refractivity contribution in [3.05, 3.63) is 35.4 Å². The first kappa shape index (κ1) is 21.2. The van der Waals surface area contributed by atoms with Crippen LogP contribution < -0.4 is 11.5 Å². The Kier molecular flexibility index (Phi) is 7.95. The quantitative estimate of drug-likeness (QED) is 0.612. The van der Waals surface area contributed by atoms with Gasteiger partial charge in [-0.1, -0.05) is 64.8 Å². The van der Waals surface area contributed by atoms with Crippen molar-refractivity contribution < 1.29 is 0 Å². The first-order chi connectivity index (χ1) is 11.0. The molecule has 4 N–H and O–H groups in total. The Labute approximate surface area is 150 Å². The SMILES string of the molecule is CC(N)CCCC(C)(C)c1ccc(C(C)(C)CCCC(C)N)cc1. The van der Waals surface area contributed by atoms with Gasteiger partial charge in [0.05, 0.1) is 0 Å². The molecule has 2 unspecified atom stereocenters. The van der Waals surface area contributed by atoms with Gasteiger partial charge >= 0.3 is 0 Å². The first-order valence-electron chi connectivity index (χ1n) is 9.67. The van der Waals surface area contributed by atoms with E-state index in [1.54, 1.807) is 0 Å². The van der Waals surface area contributed by atoms with Crippen molar-refractivity contribution in [2.45, 2.75) is 103 Å². The summed E-state index contributed by atoms with van der Waals surface area (Å²) in [5.74, 6) is 0. The Bertz CT molecular complexity index is 424. The highest BCUT2D eigenvalue weighted by molar-refractivity contribution is 5.31. The summed E-state index contributed by atoms with van der Waals surface area (Å²) in [6.45, 7) is 13.6. The molecule has 0 aromatic heterocycles. The summed E-state index contributed by atoms with van der Waals surface area (Å²) in [6.07, 6.45) is 6.96. The Morgan fingerprint density at radius 2 is 1.00 bits per heavy atom. The molecule has 2 nitrogen and oxygen atoms in total. The molecule has 0 aliphatic carbocycles. The standard InChI is InChI=1S/C22H40N2/c1-17(23)9-7-15-21(3,4)19-11-13-20(14-12-19)22(5,6)16-8-10-18(2)24/h11-14,17-18H,7-10,15-16,23-24H2,1-6H3. The number of rotatable bonds is 10. The van der Waals surface area contributed by atoms with E-state index >= 15 is 0 Å². The highest BCUT2D eigenvalue weighted by atomic mass is 14.6. The van der Waals surface area contributed by atoms with Crippen LogP contribution in [0.1, 0.15) is 91.2 Å². The normalized spacial score (nSPS) is 15.3. The number of hydrogen-bond acceptors (Lipinski definition) is 2.